The summed E-state index contributed by atoms with van der Waals surface area (Å²) >= 11 is 0. The van der Waals surface area contributed by atoms with E-state index in [1.165, 1.54) is 0 Å². The van der Waals surface area contributed by atoms with Crippen molar-refractivity contribution in [1.82, 2.24) is 5.32 Å². The van der Waals surface area contributed by atoms with Gasteiger partial charge in [-0.3, -0.25) is 0 Å². The van der Waals surface area contributed by atoms with Gasteiger partial charge in [0, 0.05) is 5.70 Å². The third-order valence-electron chi connectivity index (χ3n) is 2.96. The van der Waals surface area contributed by atoms with E-state index >= 15 is 0 Å². The fraction of sp³-hybridized carbons (Fsp3) is 0.400. The van der Waals surface area contributed by atoms with E-state index in [0.29, 0.717) is 13.2 Å². The normalized spacial score (nSPS) is 20.1. The second kappa shape index (κ2) is 6.83. The highest BCUT2D eigenvalue weighted by Crippen LogP contribution is 2.17. The highest BCUT2D eigenvalue weighted by Gasteiger charge is 2.25. The average molecular weight is 261 g/mol. The molecule has 1 fully saturated rings. The molecule has 0 aromatic heterocycles. The SMILES string of the molecule is CCOC(=O)C1CC/C(=C\COc2ccccc2)N1. The van der Waals surface area contributed by atoms with Crippen molar-refractivity contribution in [3.8, 4) is 5.75 Å². The van der Waals surface area contributed by atoms with Crippen LogP contribution in [0.5, 0.6) is 5.75 Å². The zero-order valence-corrected chi connectivity index (χ0v) is 11.1. The molecule has 0 aliphatic carbocycles. The molecule has 0 radical (unpaired) electrons. The maximum Gasteiger partial charge on any atom is 0.328 e. The number of benzene rings is 1. The van der Waals surface area contributed by atoms with Crippen LogP contribution in [0, 0.1) is 0 Å². The predicted molar refractivity (Wildman–Crippen MR) is 72.8 cm³/mol. The molecule has 1 aliphatic rings. The number of nitrogens with one attached hydrogen (secondary N) is 1. The average Bonchev–Trinajstić information content (AvgIpc) is 2.89. The quantitative estimate of drug-likeness (QED) is 0.826. The summed E-state index contributed by atoms with van der Waals surface area (Å²) in [6, 6.07) is 9.46. The Morgan fingerprint density at radius 1 is 1.42 bits per heavy atom. The van der Waals surface area contributed by atoms with Crippen molar-refractivity contribution < 1.29 is 14.3 Å². The highest BCUT2D eigenvalue weighted by atomic mass is 16.5. The van der Waals surface area contributed by atoms with Gasteiger partial charge in [-0.1, -0.05) is 18.2 Å². The monoisotopic (exact) mass is 261 g/mol. The summed E-state index contributed by atoms with van der Waals surface area (Å²) < 4.78 is 10.6. The molecule has 0 spiro atoms. The maximum atomic E-state index is 11.5. The lowest BCUT2D eigenvalue weighted by Crippen LogP contribution is -2.31. The summed E-state index contributed by atoms with van der Waals surface area (Å²) in [5.41, 5.74) is 1.05. The Labute approximate surface area is 113 Å². The molecule has 19 heavy (non-hydrogen) atoms. The van der Waals surface area contributed by atoms with Crippen LogP contribution in [0.3, 0.4) is 0 Å². The zero-order valence-electron chi connectivity index (χ0n) is 11.1. The molecule has 1 atom stereocenters. The fourth-order valence-electron chi connectivity index (χ4n) is 2.00. The number of ether oxygens (including phenoxy) is 2. The van der Waals surface area contributed by atoms with Gasteiger partial charge >= 0.3 is 5.97 Å². The third kappa shape index (κ3) is 4.02. The first-order chi connectivity index (χ1) is 9.29. The molecule has 1 saturated heterocycles. The number of carbonyl (C=O) groups is 1. The van der Waals surface area contributed by atoms with E-state index in [-0.39, 0.29) is 12.0 Å². The van der Waals surface area contributed by atoms with Gasteiger partial charge in [0.05, 0.1) is 6.61 Å². The Balaban J connectivity index is 1.77. The Bertz CT molecular complexity index is 442. The van der Waals surface area contributed by atoms with Gasteiger partial charge < -0.3 is 14.8 Å². The summed E-state index contributed by atoms with van der Waals surface area (Å²) in [7, 11) is 0. The van der Waals surface area contributed by atoms with Gasteiger partial charge in [-0.05, 0) is 38.0 Å². The molecule has 0 amide bonds. The van der Waals surface area contributed by atoms with Gasteiger partial charge in [0.25, 0.3) is 0 Å². The lowest BCUT2D eigenvalue weighted by atomic mass is 10.2. The molecule has 102 valence electrons. The van der Waals surface area contributed by atoms with Crippen molar-refractivity contribution in [2.45, 2.75) is 25.8 Å². The molecule has 0 bridgehead atoms. The summed E-state index contributed by atoms with van der Waals surface area (Å²) in [6.07, 6.45) is 3.63. The van der Waals surface area contributed by atoms with Crippen LogP contribution in [0.2, 0.25) is 0 Å². The highest BCUT2D eigenvalue weighted by molar-refractivity contribution is 5.76. The second-order valence-corrected chi connectivity index (χ2v) is 4.34. The van der Waals surface area contributed by atoms with Crippen molar-refractivity contribution in [2.75, 3.05) is 13.2 Å². The van der Waals surface area contributed by atoms with Gasteiger partial charge in [0.2, 0.25) is 0 Å². The third-order valence-corrected chi connectivity index (χ3v) is 2.96. The van der Waals surface area contributed by atoms with Crippen LogP contribution in [-0.2, 0) is 9.53 Å². The molecule has 1 unspecified atom stereocenters. The number of carbonyl (C=O) groups excluding carboxylic acids is 1. The summed E-state index contributed by atoms with van der Waals surface area (Å²) in [4.78, 5) is 11.5. The first-order valence-electron chi connectivity index (χ1n) is 6.59. The van der Waals surface area contributed by atoms with Crippen LogP contribution in [0.4, 0.5) is 0 Å². The molecular weight excluding hydrogens is 242 g/mol. The van der Waals surface area contributed by atoms with E-state index in [9.17, 15) is 4.79 Å². The zero-order chi connectivity index (χ0) is 13.5. The second-order valence-electron chi connectivity index (χ2n) is 4.34. The molecular formula is C15H19NO3. The van der Waals surface area contributed by atoms with Crippen LogP contribution in [0.1, 0.15) is 19.8 Å². The van der Waals surface area contributed by atoms with Crippen LogP contribution in [0.15, 0.2) is 42.1 Å². The van der Waals surface area contributed by atoms with Crippen molar-refractivity contribution in [1.29, 1.82) is 0 Å². The lowest BCUT2D eigenvalue weighted by Gasteiger charge is -2.09. The smallest absolute Gasteiger partial charge is 0.328 e. The fourth-order valence-corrected chi connectivity index (χ4v) is 2.00. The van der Waals surface area contributed by atoms with E-state index in [1.54, 1.807) is 0 Å². The first-order valence-corrected chi connectivity index (χ1v) is 6.59. The maximum absolute atomic E-state index is 11.5. The predicted octanol–water partition coefficient (Wildman–Crippen LogP) is 2.26. The molecule has 0 saturated carbocycles. The number of rotatable bonds is 5. The Kier molecular flexibility index (Phi) is 4.84. The Morgan fingerprint density at radius 3 is 2.95 bits per heavy atom. The number of allylic oxidation sites excluding steroid dienone is 1. The van der Waals surface area contributed by atoms with Gasteiger partial charge in [-0.2, -0.15) is 0 Å². The largest absolute Gasteiger partial charge is 0.489 e. The molecule has 4 heteroatoms. The van der Waals surface area contributed by atoms with Crippen molar-refractivity contribution in [2.24, 2.45) is 0 Å². The minimum absolute atomic E-state index is 0.171. The van der Waals surface area contributed by atoms with E-state index < -0.39 is 0 Å². The van der Waals surface area contributed by atoms with E-state index in [4.69, 9.17) is 9.47 Å². The Morgan fingerprint density at radius 2 is 2.21 bits per heavy atom. The van der Waals surface area contributed by atoms with Gasteiger partial charge in [0.15, 0.2) is 0 Å². The molecule has 4 nitrogen and oxygen atoms in total. The Hall–Kier alpha value is -1.97. The van der Waals surface area contributed by atoms with Gasteiger partial charge in [-0.15, -0.1) is 0 Å². The van der Waals surface area contributed by atoms with Crippen molar-refractivity contribution in [3.63, 3.8) is 0 Å². The van der Waals surface area contributed by atoms with E-state index in [2.05, 4.69) is 5.32 Å². The summed E-state index contributed by atoms with van der Waals surface area (Å²) in [6.45, 7) is 2.74. The molecule has 1 heterocycles. The molecule has 1 aromatic carbocycles. The molecule has 1 aromatic rings. The van der Waals surface area contributed by atoms with Crippen LogP contribution in [-0.4, -0.2) is 25.2 Å². The summed E-state index contributed by atoms with van der Waals surface area (Å²) in [5, 5.41) is 3.17. The van der Waals surface area contributed by atoms with Crippen molar-refractivity contribution in [3.05, 3.63) is 42.1 Å². The minimum atomic E-state index is -0.206. The van der Waals surface area contributed by atoms with Crippen LogP contribution < -0.4 is 10.1 Å². The molecule has 1 N–H and O–H groups in total. The lowest BCUT2D eigenvalue weighted by molar-refractivity contribution is -0.145. The van der Waals surface area contributed by atoms with Gasteiger partial charge in [0.1, 0.15) is 18.4 Å². The van der Waals surface area contributed by atoms with Crippen LogP contribution >= 0.6 is 0 Å². The number of hydrogen-bond donors (Lipinski definition) is 1. The first kappa shape index (κ1) is 13.5. The van der Waals surface area contributed by atoms with Gasteiger partial charge in [-0.25, -0.2) is 4.79 Å². The van der Waals surface area contributed by atoms with Crippen LogP contribution in [0.25, 0.3) is 0 Å². The number of para-hydroxylation sites is 1. The standard InChI is InChI=1S/C15H19NO3/c1-2-18-15(17)14-9-8-12(16-14)10-11-19-13-6-4-3-5-7-13/h3-7,10,14,16H,2,8-9,11H2,1H3/b12-10+. The van der Waals surface area contributed by atoms with Crippen molar-refractivity contribution >= 4 is 5.97 Å². The number of hydrogen-bond acceptors (Lipinski definition) is 4. The van der Waals surface area contributed by atoms with E-state index in [1.807, 2.05) is 43.3 Å². The number of esters is 1. The molecule has 1 aliphatic heterocycles. The minimum Gasteiger partial charge on any atom is -0.489 e. The summed E-state index contributed by atoms with van der Waals surface area (Å²) in [5.74, 6) is 0.675. The topological polar surface area (TPSA) is 47.6 Å². The van der Waals surface area contributed by atoms with E-state index in [0.717, 1.165) is 24.3 Å². The molecule has 2 rings (SSSR count).